The molecule has 12 rings (SSSR count). The van der Waals surface area contributed by atoms with Crippen LogP contribution in [0.25, 0.3) is 122 Å². The first-order chi connectivity index (χ1) is 30.7. The average Bonchev–Trinajstić information content (AvgIpc) is 3.35. The number of pyridine rings is 1. The highest BCUT2D eigenvalue weighted by Gasteiger charge is 2.16. The molecule has 4 nitrogen and oxygen atoms in total. The van der Waals surface area contributed by atoms with Crippen LogP contribution in [0.3, 0.4) is 0 Å². The Morgan fingerprint density at radius 1 is 0.242 bits per heavy atom. The SMILES string of the molecule is c1cnc2ccc(-c3ccc(-c4nc(-c5ccc(-c6c7ccccc7cc7ccccc67)cc5)nc(-c5ccc(-c6c7ccccc7cc7ccccc67)cc5)n4)cc3)cc2c1. The summed E-state index contributed by atoms with van der Waals surface area (Å²) in [5.74, 6) is 1.86. The van der Waals surface area contributed by atoms with Crippen LogP contribution in [0.1, 0.15) is 0 Å². The number of hydrogen-bond donors (Lipinski definition) is 0. The molecular weight excluding hydrogens is 753 g/mol. The van der Waals surface area contributed by atoms with Crippen LogP contribution in [0.5, 0.6) is 0 Å². The monoisotopic (exact) mass is 788 g/mol. The molecule has 0 aliphatic heterocycles. The van der Waals surface area contributed by atoms with Gasteiger partial charge in [0.15, 0.2) is 17.5 Å². The number of benzene rings is 10. The Balaban J connectivity index is 0.969. The van der Waals surface area contributed by atoms with Crippen LogP contribution in [0.15, 0.2) is 219 Å². The van der Waals surface area contributed by atoms with E-state index in [4.69, 9.17) is 15.0 Å². The van der Waals surface area contributed by atoms with E-state index in [9.17, 15) is 0 Å². The lowest BCUT2D eigenvalue weighted by molar-refractivity contribution is 1.07. The summed E-state index contributed by atoms with van der Waals surface area (Å²) < 4.78 is 0. The summed E-state index contributed by atoms with van der Waals surface area (Å²) in [5, 5.41) is 10.9. The summed E-state index contributed by atoms with van der Waals surface area (Å²) in [4.78, 5) is 20.0. The highest BCUT2D eigenvalue weighted by atomic mass is 15.0. The Bertz CT molecular complexity index is 3380. The quantitative estimate of drug-likeness (QED) is 0.158. The number of aromatic nitrogens is 4. The zero-order chi connectivity index (χ0) is 41.0. The van der Waals surface area contributed by atoms with Gasteiger partial charge < -0.3 is 0 Å². The minimum Gasteiger partial charge on any atom is -0.256 e. The summed E-state index contributed by atoms with van der Waals surface area (Å²) >= 11 is 0. The number of hydrogen-bond acceptors (Lipinski definition) is 4. The first-order valence-electron chi connectivity index (χ1n) is 20.9. The molecule has 10 aromatic carbocycles. The van der Waals surface area contributed by atoms with Gasteiger partial charge in [-0.15, -0.1) is 0 Å². The van der Waals surface area contributed by atoms with Crippen LogP contribution in [0, 0.1) is 0 Å². The molecule has 0 unspecified atom stereocenters. The molecule has 0 saturated heterocycles. The Labute approximate surface area is 358 Å². The van der Waals surface area contributed by atoms with Gasteiger partial charge in [-0.1, -0.05) is 182 Å². The second-order valence-electron chi connectivity index (χ2n) is 15.8. The lowest BCUT2D eigenvalue weighted by Gasteiger charge is -2.14. The highest BCUT2D eigenvalue weighted by molar-refractivity contribution is 6.14. The molecular formula is C58H36N4. The van der Waals surface area contributed by atoms with Crippen molar-refractivity contribution in [3.05, 3.63) is 219 Å². The van der Waals surface area contributed by atoms with Crippen LogP contribution in [-0.2, 0) is 0 Å². The molecule has 0 spiro atoms. The van der Waals surface area contributed by atoms with E-state index in [1.54, 1.807) is 0 Å². The maximum absolute atomic E-state index is 5.17. The Kier molecular flexibility index (Phi) is 8.46. The molecule has 12 aromatic rings. The standard InChI is InChI=1S/C58H36N4/c1-5-15-49-44(10-1)35-45-11-2-6-16-50(45)54(49)38-21-27-41(28-22-38)57-60-56(40-25-19-37(20-26-40)43-31-32-53-48(34-43)14-9-33-59-53)61-58(62-57)42-29-23-39(24-30-42)55-51-17-7-3-12-46(51)36-47-13-4-8-18-52(47)55/h1-36H. The summed E-state index contributed by atoms with van der Waals surface area (Å²) in [6, 6.07) is 75.4. The Hall–Kier alpha value is -8.34. The molecule has 288 valence electrons. The van der Waals surface area contributed by atoms with Crippen molar-refractivity contribution in [3.8, 4) is 67.5 Å². The van der Waals surface area contributed by atoms with Gasteiger partial charge in [-0.3, -0.25) is 4.98 Å². The third-order valence-corrected chi connectivity index (χ3v) is 12.1. The molecule has 0 amide bonds. The van der Waals surface area contributed by atoms with Crippen LogP contribution in [0.4, 0.5) is 0 Å². The van der Waals surface area contributed by atoms with Crippen molar-refractivity contribution in [3.63, 3.8) is 0 Å². The van der Waals surface area contributed by atoms with Gasteiger partial charge in [-0.25, -0.2) is 15.0 Å². The van der Waals surface area contributed by atoms with E-state index < -0.39 is 0 Å². The van der Waals surface area contributed by atoms with Crippen molar-refractivity contribution in [2.45, 2.75) is 0 Å². The van der Waals surface area contributed by atoms with Crippen LogP contribution in [-0.4, -0.2) is 19.9 Å². The maximum Gasteiger partial charge on any atom is 0.164 e. The van der Waals surface area contributed by atoms with Crippen LogP contribution >= 0.6 is 0 Å². The van der Waals surface area contributed by atoms with Crippen molar-refractivity contribution < 1.29 is 0 Å². The van der Waals surface area contributed by atoms with Gasteiger partial charge in [0.1, 0.15) is 0 Å². The van der Waals surface area contributed by atoms with E-state index in [0.29, 0.717) is 17.5 Å². The predicted molar refractivity (Wildman–Crippen MR) is 258 cm³/mol. The molecule has 0 atom stereocenters. The van der Waals surface area contributed by atoms with E-state index in [1.165, 1.54) is 54.2 Å². The van der Waals surface area contributed by atoms with E-state index in [-0.39, 0.29) is 0 Å². The van der Waals surface area contributed by atoms with E-state index >= 15 is 0 Å². The van der Waals surface area contributed by atoms with Gasteiger partial charge in [0.25, 0.3) is 0 Å². The normalized spacial score (nSPS) is 11.5. The molecule has 2 heterocycles. The predicted octanol–water partition coefficient (Wildman–Crippen LogP) is 15.0. The van der Waals surface area contributed by atoms with Gasteiger partial charge in [0.2, 0.25) is 0 Å². The molecule has 0 aliphatic carbocycles. The summed E-state index contributed by atoms with van der Waals surface area (Å²) in [7, 11) is 0. The summed E-state index contributed by atoms with van der Waals surface area (Å²) in [6.07, 6.45) is 1.83. The topological polar surface area (TPSA) is 51.6 Å². The Morgan fingerprint density at radius 3 is 1.00 bits per heavy atom. The minimum absolute atomic E-state index is 0.618. The van der Waals surface area contributed by atoms with Crippen LogP contribution in [0.2, 0.25) is 0 Å². The second kappa shape index (κ2) is 14.7. The fourth-order valence-corrected chi connectivity index (χ4v) is 9.05. The number of rotatable bonds is 6. The average molecular weight is 789 g/mol. The summed E-state index contributed by atoms with van der Waals surface area (Å²) in [5.41, 5.74) is 10.7. The van der Waals surface area contributed by atoms with Gasteiger partial charge in [0.05, 0.1) is 5.52 Å². The number of fused-ring (bicyclic) bond motifs is 5. The van der Waals surface area contributed by atoms with Crippen LogP contribution < -0.4 is 0 Å². The third-order valence-electron chi connectivity index (χ3n) is 12.1. The summed E-state index contributed by atoms with van der Waals surface area (Å²) in [6.45, 7) is 0. The second-order valence-corrected chi connectivity index (χ2v) is 15.8. The fraction of sp³-hybridized carbons (Fsp3) is 0. The van der Waals surface area contributed by atoms with E-state index in [1.807, 2.05) is 12.3 Å². The number of nitrogens with zero attached hydrogens (tertiary/aromatic N) is 4. The molecule has 2 aromatic heterocycles. The molecule has 0 radical (unpaired) electrons. The fourth-order valence-electron chi connectivity index (χ4n) is 9.05. The lowest BCUT2D eigenvalue weighted by atomic mass is 9.91. The van der Waals surface area contributed by atoms with Gasteiger partial charge in [-0.2, -0.15) is 0 Å². The van der Waals surface area contributed by atoms with Crippen molar-refractivity contribution in [2.75, 3.05) is 0 Å². The van der Waals surface area contributed by atoms with Crippen molar-refractivity contribution in [1.82, 2.24) is 19.9 Å². The molecule has 0 aliphatic rings. The smallest absolute Gasteiger partial charge is 0.164 e. The highest BCUT2D eigenvalue weighted by Crippen LogP contribution is 2.39. The first kappa shape index (κ1) is 35.6. The van der Waals surface area contributed by atoms with Crippen molar-refractivity contribution >= 4 is 54.0 Å². The van der Waals surface area contributed by atoms with Crippen molar-refractivity contribution in [1.29, 1.82) is 0 Å². The lowest BCUT2D eigenvalue weighted by Crippen LogP contribution is -2.00. The molecule has 0 bridgehead atoms. The zero-order valence-corrected chi connectivity index (χ0v) is 33.6. The molecule has 0 N–H and O–H groups in total. The molecule has 0 saturated carbocycles. The van der Waals surface area contributed by atoms with Crippen molar-refractivity contribution in [2.24, 2.45) is 0 Å². The first-order valence-corrected chi connectivity index (χ1v) is 20.9. The maximum atomic E-state index is 5.17. The van der Waals surface area contributed by atoms with Gasteiger partial charge in [0, 0.05) is 28.3 Å². The van der Waals surface area contributed by atoms with Gasteiger partial charge in [-0.05, 0) is 107 Å². The van der Waals surface area contributed by atoms with E-state index in [2.05, 4.69) is 211 Å². The largest absolute Gasteiger partial charge is 0.256 e. The Morgan fingerprint density at radius 2 is 0.581 bits per heavy atom. The zero-order valence-electron chi connectivity index (χ0n) is 33.6. The van der Waals surface area contributed by atoms with Gasteiger partial charge >= 0.3 is 0 Å². The molecule has 0 fully saturated rings. The molecule has 62 heavy (non-hydrogen) atoms. The molecule has 4 heteroatoms. The minimum atomic E-state index is 0.618. The van der Waals surface area contributed by atoms with E-state index in [0.717, 1.165) is 49.8 Å². The third kappa shape index (κ3) is 6.25.